The van der Waals surface area contributed by atoms with E-state index in [9.17, 15) is 13.2 Å². The summed E-state index contributed by atoms with van der Waals surface area (Å²) >= 11 is 0. The van der Waals surface area contributed by atoms with Crippen LogP contribution in [0.5, 0.6) is 5.75 Å². The van der Waals surface area contributed by atoms with Gasteiger partial charge in [0.1, 0.15) is 11.0 Å². The molecule has 1 amide bonds. The Morgan fingerprint density at radius 3 is 2.30 bits per heavy atom. The maximum absolute atomic E-state index is 12.7. The van der Waals surface area contributed by atoms with Crippen molar-refractivity contribution in [1.29, 1.82) is 0 Å². The average molecular weight is 394 g/mol. The zero-order chi connectivity index (χ0) is 19.4. The van der Waals surface area contributed by atoms with Crippen LogP contribution in [0.15, 0.2) is 29.2 Å². The Morgan fingerprint density at radius 1 is 1.11 bits per heavy atom. The molecule has 1 aromatic carbocycles. The predicted molar refractivity (Wildman–Crippen MR) is 106 cm³/mol. The van der Waals surface area contributed by atoms with Crippen molar-refractivity contribution >= 4 is 15.7 Å². The fourth-order valence-electron chi connectivity index (χ4n) is 4.22. The fourth-order valence-corrected chi connectivity index (χ4v) is 5.87. The Kier molecular flexibility index (Phi) is 6.45. The molecular weight excluding hydrogens is 362 g/mol. The summed E-state index contributed by atoms with van der Waals surface area (Å²) in [6.07, 6.45) is 7.98. The number of unbranched alkanes of at least 4 members (excludes halogenated alkanes) is 1. The van der Waals surface area contributed by atoms with Crippen molar-refractivity contribution in [1.82, 2.24) is 4.90 Å². The van der Waals surface area contributed by atoms with Crippen LogP contribution in [-0.4, -0.2) is 44.7 Å². The van der Waals surface area contributed by atoms with Gasteiger partial charge in [-0.15, -0.1) is 0 Å². The monoisotopic (exact) mass is 393 g/mol. The topological polar surface area (TPSA) is 63.7 Å². The van der Waals surface area contributed by atoms with Crippen molar-refractivity contribution in [2.75, 3.05) is 20.2 Å². The van der Waals surface area contributed by atoms with Crippen LogP contribution in [0.3, 0.4) is 0 Å². The van der Waals surface area contributed by atoms with Crippen molar-refractivity contribution in [2.45, 2.75) is 62.0 Å². The molecule has 2 fully saturated rings. The minimum absolute atomic E-state index is 0.0903. The van der Waals surface area contributed by atoms with Crippen molar-refractivity contribution in [3.05, 3.63) is 24.3 Å². The van der Waals surface area contributed by atoms with Gasteiger partial charge in [-0.1, -0.05) is 26.2 Å². The molecule has 0 atom stereocenters. The lowest BCUT2D eigenvalue weighted by atomic mass is 9.79. The first-order chi connectivity index (χ1) is 13.0. The Morgan fingerprint density at radius 2 is 1.74 bits per heavy atom. The van der Waals surface area contributed by atoms with Gasteiger partial charge in [-0.2, -0.15) is 0 Å². The average Bonchev–Trinajstić information content (AvgIpc) is 2.65. The van der Waals surface area contributed by atoms with E-state index in [-0.39, 0.29) is 11.8 Å². The van der Waals surface area contributed by atoms with Crippen molar-refractivity contribution in [3.8, 4) is 5.75 Å². The minimum atomic E-state index is -3.39. The molecule has 1 aliphatic heterocycles. The van der Waals surface area contributed by atoms with Gasteiger partial charge in [0, 0.05) is 19.0 Å². The highest BCUT2D eigenvalue weighted by atomic mass is 32.2. The SMILES string of the molecule is CCCCC1CCC(C(=O)N2CC(S(=O)(=O)c3ccc(OC)cc3)C2)CC1. The number of benzene rings is 1. The summed E-state index contributed by atoms with van der Waals surface area (Å²) in [5.41, 5.74) is 0. The van der Waals surface area contributed by atoms with Gasteiger partial charge in [-0.25, -0.2) is 8.42 Å². The quantitative estimate of drug-likeness (QED) is 0.709. The first-order valence-electron chi connectivity index (χ1n) is 10.1. The van der Waals surface area contributed by atoms with Crippen LogP contribution < -0.4 is 4.74 Å². The normalized spacial score (nSPS) is 23.7. The molecule has 150 valence electrons. The third kappa shape index (κ3) is 4.48. The number of nitrogens with zero attached hydrogens (tertiary/aromatic N) is 1. The van der Waals surface area contributed by atoms with E-state index >= 15 is 0 Å². The molecule has 0 spiro atoms. The number of amides is 1. The van der Waals surface area contributed by atoms with Crippen LogP contribution in [-0.2, 0) is 14.6 Å². The van der Waals surface area contributed by atoms with Gasteiger partial charge in [-0.05, 0) is 55.9 Å². The Labute approximate surface area is 163 Å². The molecule has 0 N–H and O–H groups in total. The molecule has 1 saturated heterocycles. The lowest BCUT2D eigenvalue weighted by Crippen LogP contribution is -2.58. The third-order valence-corrected chi connectivity index (χ3v) is 8.25. The van der Waals surface area contributed by atoms with E-state index in [2.05, 4.69) is 6.92 Å². The van der Waals surface area contributed by atoms with Crippen LogP contribution in [0.25, 0.3) is 0 Å². The molecule has 1 aromatic rings. The second-order valence-corrected chi connectivity index (χ2v) is 10.2. The van der Waals surface area contributed by atoms with E-state index in [0.717, 1.165) is 31.6 Å². The number of carbonyl (C=O) groups excluding carboxylic acids is 1. The largest absolute Gasteiger partial charge is 0.497 e. The molecule has 1 saturated carbocycles. The number of sulfone groups is 1. The summed E-state index contributed by atoms with van der Waals surface area (Å²) < 4.78 is 30.5. The van der Waals surface area contributed by atoms with Gasteiger partial charge in [0.25, 0.3) is 0 Å². The van der Waals surface area contributed by atoms with Gasteiger partial charge < -0.3 is 9.64 Å². The highest BCUT2D eigenvalue weighted by molar-refractivity contribution is 7.92. The number of rotatable bonds is 7. The van der Waals surface area contributed by atoms with Crippen LogP contribution in [0.2, 0.25) is 0 Å². The first kappa shape index (κ1) is 20.2. The van der Waals surface area contributed by atoms with Crippen molar-refractivity contribution in [3.63, 3.8) is 0 Å². The summed E-state index contributed by atoms with van der Waals surface area (Å²) in [7, 11) is -1.84. The fraction of sp³-hybridized carbons (Fsp3) is 0.667. The Balaban J connectivity index is 1.50. The molecule has 2 aliphatic rings. The lowest BCUT2D eigenvalue weighted by Gasteiger charge is -2.41. The summed E-state index contributed by atoms with van der Waals surface area (Å²) in [6, 6.07) is 6.48. The molecule has 27 heavy (non-hydrogen) atoms. The summed E-state index contributed by atoms with van der Waals surface area (Å²) in [5, 5.41) is -0.490. The number of hydrogen-bond acceptors (Lipinski definition) is 4. The van der Waals surface area contributed by atoms with Gasteiger partial charge in [-0.3, -0.25) is 4.79 Å². The number of methoxy groups -OCH3 is 1. The number of hydrogen-bond donors (Lipinski definition) is 0. The second kappa shape index (κ2) is 8.63. The molecule has 0 radical (unpaired) electrons. The highest BCUT2D eigenvalue weighted by Gasteiger charge is 2.42. The molecule has 0 bridgehead atoms. The zero-order valence-electron chi connectivity index (χ0n) is 16.4. The molecule has 0 unspecified atom stereocenters. The van der Waals surface area contributed by atoms with Crippen LogP contribution in [0, 0.1) is 11.8 Å². The van der Waals surface area contributed by atoms with Gasteiger partial charge in [0.15, 0.2) is 9.84 Å². The third-order valence-electron chi connectivity index (χ3n) is 6.15. The van der Waals surface area contributed by atoms with E-state index in [1.165, 1.54) is 19.3 Å². The van der Waals surface area contributed by atoms with Gasteiger partial charge in [0.05, 0.1) is 12.0 Å². The molecular formula is C21H31NO4S. The Bertz CT molecular complexity index is 730. The van der Waals surface area contributed by atoms with E-state index in [1.54, 1.807) is 36.3 Å². The van der Waals surface area contributed by atoms with Crippen LogP contribution in [0.1, 0.15) is 51.9 Å². The standard InChI is InChI=1S/C21H31NO4S/c1-3-4-5-16-6-8-17(9-7-16)21(23)22-14-20(15-22)27(24,25)19-12-10-18(26-2)11-13-19/h10-13,16-17,20H,3-9,14-15H2,1-2H3. The maximum Gasteiger partial charge on any atom is 0.225 e. The van der Waals surface area contributed by atoms with Crippen molar-refractivity contribution in [2.24, 2.45) is 11.8 Å². The van der Waals surface area contributed by atoms with Crippen LogP contribution in [0.4, 0.5) is 0 Å². The van der Waals surface area contributed by atoms with E-state index in [4.69, 9.17) is 4.74 Å². The van der Waals surface area contributed by atoms with E-state index in [1.807, 2.05) is 0 Å². The molecule has 1 aliphatic carbocycles. The molecule has 0 aromatic heterocycles. The number of likely N-dealkylation sites (tertiary alicyclic amines) is 1. The number of carbonyl (C=O) groups is 1. The maximum atomic E-state index is 12.7. The predicted octanol–water partition coefficient (Wildman–Crippen LogP) is 3.68. The first-order valence-corrected chi connectivity index (χ1v) is 11.7. The summed E-state index contributed by atoms with van der Waals surface area (Å²) in [5.74, 6) is 1.65. The highest BCUT2D eigenvalue weighted by Crippen LogP contribution is 2.34. The lowest BCUT2D eigenvalue weighted by molar-refractivity contribution is -0.140. The molecule has 6 heteroatoms. The molecule has 5 nitrogen and oxygen atoms in total. The second-order valence-electron chi connectivity index (χ2n) is 7.95. The van der Waals surface area contributed by atoms with Crippen molar-refractivity contribution < 1.29 is 17.9 Å². The van der Waals surface area contributed by atoms with Gasteiger partial charge in [0.2, 0.25) is 5.91 Å². The summed E-state index contributed by atoms with van der Waals surface area (Å²) in [6.45, 7) is 2.86. The van der Waals surface area contributed by atoms with E-state index in [0.29, 0.717) is 23.7 Å². The van der Waals surface area contributed by atoms with Crippen LogP contribution >= 0.6 is 0 Å². The van der Waals surface area contributed by atoms with Gasteiger partial charge >= 0.3 is 0 Å². The molecule has 3 rings (SSSR count). The zero-order valence-corrected chi connectivity index (χ0v) is 17.2. The molecule has 1 heterocycles. The Hall–Kier alpha value is -1.56. The minimum Gasteiger partial charge on any atom is -0.497 e. The smallest absolute Gasteiger partial charge is 0.225 e. The number of ether oxygens (including phenoxy) is 1. The summed E-state index contributed by atoms with van der Waals surface area (Å²) in [4.78, 5) is 14.7. The van der Waals surface area contributed by atoms with E-state index < -0.39 is 15.1 Å².